The number of ether oxygens (including phenoxy) is 2. The molecule has 1 fully saturated rings. The SMILES string of the molecule is CCCOc1nc2cc(N(C=O)N3CCCCN3C(=O)OCC)c(F)cc2s1. The molecule has 0 saturated carbocycles. The van der Waals surface area contributed by atoms with Crippen molar-refractivity contribution in [2.75, 3.05) is 31.3 Å². The Balaban J connectivity index is 1.93. The minimum atomic E-state index is -0.584. The van der Waals surface area contributed by atoms with Crippen LogP contribution in [0.5, 0.6) is 5.19 Å². The average Bonchev–Trinajstić information content (AvgIpc) is 3.09. The summed E-state index contributed by atoms with van der Waals surface area (Å²) in [6, 6.07) is 2.82. The summed E-state index contributed by atoms with van der Waals surface area (Å²) in [6.07, 6.45) is 2.29. The lowest BCUT2D eigenvalue weighted by Gasteiger charge is -2.42. The normalized spacial score (nSPS) is 14.9. The molecule has 0 unspecified atom stereocenters. The van der Waals surface area contributed by atoms with Crippen molar-refractivity contribution in [2.24, 2.45) is 0 Å². The summed E-state index contributed by atoms with van der Waals surface area (Å²) >= 11 is 1.25. The van der Waals surface area contributed by atoms with Gasteiger partial charge in [0.15, 0.2) is 0 Å². The van der Waals surface area contributed by atoms with E-state index in [-0.39, 0.29) is 12.3 Å². The van der Waals surface area contributed by atoms with E-state index in [2.05, 4.69) is 4.98 Å². The number of aromatic nitrogens is 1. The Morgan fingerprint density at radius 1 is 1.36 bits per heavy atom. The molecule has 0 N–H and O–H groups in total. The number of benzene rings is 1. The topological polar surface area (TPSA) is 75.2 Å². The number of hydrogen-bond donors (Lipinski definition) is 0. The highest BCUT2D eigenvalue weighted by atomic mass is 32.1. The van der Waals surface area contributed by atoms with E-state index in [0.717, 1.165) is 24.3 Å². The van der Waals surface area contributed by atoms with Gasteiger partial charge in [-0.15, -0.1) is 5.12 Å². The summed E-state index contributed by atoms with van der Waals surface area (Å²) < 4.78 is 26.0. The number of anilines is 1. The lowest BCUT2D eigenvalue weighted by atomic mass is 10.2. The minimum Gasteiger partial charge on any atom is -0.470 e. The third kappa shape index (κ3) is 4.17. The molecule has 28 heavy (non-hydrogen) atoms. The fraction of sp³-hybridized carbons (Fsp3) is 0.500. The van der Waals surface area contributed by atoms with Crippen molar-refractivity contribution in [3.05, 3.63) is 17.9 Å². The van der Waals surface area contributed by atoms with E-state index in [0.29, 0.717) is 41.5 Å². The quantitative estimate of drug-likeness (QED) is 0.650. The average molecular weight is 410 g/mol. The molecule has 152 valence electrons. The van der Waals surface area contributed by atoms with Gasteiger partial charge in [-0.3, -0.25) is 4.79 Å². The lowest BCUT2D eigenvalue weighted by Crippen LogP contribution is -2.58. The van der Waals surface area contributed by atoms with Crippen molar-refractivity contribution >= 4 is 39.7 Å². The Bertz CT molecular complexity index is 846. The van der Waals surface area contributed by atoms with E-state index in [9.17, 15) is 14.0 Å². The maximum absolute atomic E-state index is 14.8. The Hall–Kier alpha value is -2.46. The van der Waals surface area contributed by atoms with Crippen LogP contribution in [-0.4, -0.2) is 53.9 Å². The first kappa shape index (κ1) is 20.3. The zero-order valence-electron chi connectivity index (χ0n) is 15.9. The van der Waals surface area contributed by atoms with E-state index in [4.69, 9.17) is 9.47 Å². The van der Waals surface area contributed by atoms with Crippen molar-refractivity contribution in [3.63, 3.8) is 0 Å². The molecule has 0 radical (unpaired) electrons. The van der Waals surface area contributed by atoms with Crippen LogP contribution in [0.3, 0.4) is 0 Å². The van der Waals surface area contributed by atoms with Crippen molar-refractivity contribution in [1.82, 2.24) is 15.1 Å². The number of amides is 2. The second kappa shape index (κ2) is 9.16. The number of halogens is 1. The predicted molar refractivity (Wildman–Crippen MR) is 104 cm³/mol. The smallest absolute Gasteiger partial charge is 0.425 e. The van der Waals surface area contributed by atoms with Crippen LogP contribution in [0.2, 0.25) is 0 Å². The van der Waals surface area contributed by atoms with Gasteiger partial charge in [0.1, 0.15) is 11.5 Å². The standard InChI is InChI=1S/C18H23FN4O4S/c1-3-9-27-17-20-14-11-15(13(19)10-16(14)28-17)22(12-24)23-8-6-5-7-21(23)18(25)26-4-2/h10-12H,3-9H2,1-2H3. The van der Waals surface area contributed by atoms with E-state index < -0.39 is 11.9 Å². The van der Waals surface area contributed by atoms with Crippen LogP contribution >= 0.6 is 11.3 Å². The van der Waals surface area contributed by atoms with Gasteiger partial charge in [-0.2, -0.15) is 0 Å². The molecule has 1 aliphatic rings. The third-order valence-electron chi connectivity index (χ3n) is 4.20. The number of rotatable bonds is 7. The van der Waals surface area contributed by atoms with E-state index in [1.165, 1.54) is 33.6 Å². The molecule has 2 heterocycles. The van der Waals surface area contributed by atoms with Crippen LogP contribution < -0.4 is 9.75 Å². The van der Waals surface area contributed by atoms with Crippen molar-refractivity contribution < 1.29 is 23.5 Å². The molecular weight excluding hydrogens is 387 g/mol. The van der Waals surface area contributed by atoms with Crippen LogP contribution in [0, 0.1) is 5.82 Å². The molecular formula is C18H23FN4O4S. The summed E-state index contributed by atoms with van der Waals surface area (Å²) in [7, 11) is 0. The summed E-state index contributed by atoms with van der Waals surface area (Å²) in [5.74, 6) is -0.584. The molecule has 0 atom stereocenters. The fourth-order valence-electron chi connectivity index (χ4n) is 2.94. The maximum atomic E-state index is 14.8. The molecule has 1 aromatic carbocycles. The number of carbonyl (C=O) groups excluding carboxylic acids is 2. The van der Waals surface area contributed by atoms with Gasteiger partial charge in [0.25, 0.3) is 5.19 Å². The molecule has 0 aliphatic carbocycles. The Labute approximate surface area is 166 Å². The van der Waals surface area contributed by atoms with Crippen LogP contribution in [-0.2, 0) is 9.53 Å². The van der Waals surface area contributed by atoms with Gasteiger partial charge in [0, 0.05) is 13.1 Å². The van der Waals surface area contributed by atoms with Crippen molar-refractivity contribution in [3.8, 4) is 5.19 Å². The fourth-order valence-corrected chi connectivity index (χ4v) is 3.78. The molecule has 10 heteroatoms. The Morgan fingerprint density at radius 2 is 2.14 bits per heavy atom. The van der Waals surface area contributed by atoms with E-state index >= 15 is 0 Å². The number of carbonyl (C=O) groups is 2. The van der Waals surface area contributed by atoms with Crippen molar-refractivity contribution in [2.45, 2.75) is 33.1 Å². The highest BCUT2D eigenvalue weighted by molar-refractivity contribution is 7.20. The van der Waals surface area contributed by atoms with Gasteiger partial charge in [-0.25, -0.2) is 24.2 Å². The first-order valence-corrected chi connectivity index (χ1v) is 10.1. The van der Waals surface area contributed by atoms with Gasteiger partial charge in [0.05, 0.1) is 23.4 Å². The third-order valence-corrected chi connectivity index (χ3v) is 5.13. The second-order valence-corrected chi connectivity index (χ2v) is 7.17. The molecule has 3 rings (SSSR count). The summed E-state index contributed by atoms with van der Waals surface area (Å²) in [5.41, 5.74) is 0.546. The summed E-state index contributed by atoms with van der Waals surface area (Å²) in [5, 5.41) is 4.29. The van der Waals surface area contributed by atoms with Gasteiger partial charge in [-0.05, 0) is 38.3 Å². The molecule has 2 amide bonds. The van der Waals surface area contributed by atoms with Crippen molar-refractivity contribution in [1.29, 1.82) is 0 Å². The number of thiazole rings is 1. The molecule has 1 saturated heterocycles. The number of fused-ring (bicyclic) bond motifs is 1. The monoisotopic (exact) mass is 410 g/mol. The lowest BCUT2D eigenvalue weighted by molar-refractivity contribution is -0.117. The van der Waals surface area contributed by atoms with Gasteiger partial charge < -0.3 is 9.47 Å². The summed E-state index contributed by atoms with van der Waals surface area (Å²) in [4.78, 5) is 28.5. The molecule has 2 aromatic rings. The second-order valence-electron chi connectivity index (χ2n) is 6.17. The highest BCUT2D eigenvalue weighted by Crippen LogP contribution is 2.33. The van der Waals surface area contributed by atoms with E-state index in [1.54, 1.807) is 6.92 Å². The number of hydrogen-bond acceptors (Lipinski definition) is 7. The maximum Gasteiger partial charge on any atom is 0.425 e. The van der Waals surface area contributed by atoms with Crippen LogP contribution in [0.15, 0.2) is 12.1 Å². The predicted octanol–water partition coefficient (Wildman–Crippen LogP) is 3.57. The zero-order chi connectivity index (χ0) is 20.1. The summed E-state index contributed by atoms with van der Waals surface area (Å²) in [6.45, 7) is 5.20. The van der Waals surface area contributed by atoms with Gasteiger partial charge in [0.2, 0.25) is 6.41 Å². The largest absolute Gasteiger partial charge is 0.470 e. The highest BCUT2D eigenvalue weighted by Gasteiger charge is 2.32. The Morgan fingerprint density at radius 3 is 2.86 bits per heavy atom. The molecule has 8 nitrogen and oxygen atoms in total. The first-order chi connectivity index (χ1) is 13.6. The van der Waals surface area contributed by atoms with Crippen LogP contribution in [0.1, 0.15) is 33.1 Å². The molecule has 0 bridgehead atoms. The molecule has 1 aliphatic heterocycles. The Kier molecular flexibility index (Phi) is 6.63. The van der Waals surface area contributed by atoms with Gasteiger partial charge >= 0.3 is 6.09 Å². The zero-order valence-corrected chi connectivity index (χ0v) is 16.7. The van der Waals surface area contributed by atoms with Crippen LogP contribution in [0.4, 0.5) is 14.9 Å². The van der Waals surface area contributed by atoms with Crippen LogP contribution in [0.25, 0.3) is 10.2 Å². The van der Waals surface area contributed by atoms with Gasteiger partial charge in [-0.1, -0.05) is 18.3 Å². The number of hydrazine groups is 2. The first-order valence-electron chi connectivity index (χ1n) is 9.28. The molecule has 1 aromatic heterocycles. The minimum absolute atomic E-state index is 0.0195. The van der Waals surface area contributed by atoms with E-state index in [1.807, 2.05) is 6.92 Å². The molecule has 0 spiro atoms. The number of nitrogens with zero attached hydrogens (tertiary/aromatic N) is 4.